The first-order valence-corrected chi connectivity index (χ1v) is 8.05. The van der Waals surface area contributed by atoms with Crippen LogP contribution < -0.4 is 15.4 Å². The van der Waals surface area contributed by atoms with Gasteiger partial charge in [-0.1, -0.05) is 37.0 Å². The van der Waals surface area contributed by atoms with Crippen LogP contribution in [0.25, 0.3) is 0 Å². The molecule has 0 saturated heterocycles. The summed E-state index contributed by atoms with van der Waals surface area (Å²) in [5.74, 6) is -1.34. The van der Waals surface area contributed by atoms with Crippen LogP contribution in [0.3, 0.4) is 0 Å². The molecule has 0 aliphatic rings. The summed E-state index contributed by atoms with van der Waals surface area (Å²) in [5, 5.41) is 4.53. The van der Waals surface area contributed by atoms with Gasteiger partial charge in [-0.3, -0.25) is 9.59 Å². The van der Waals surface area contributed by atoms with E-state index in [2.05, 4.69) is 15.4 Å². The maximum atomic E-state index is 12.2. The van der Waals surface area contributed by atoms with Gasteiger partial charge in [-0.2, -0.15) is 13.2 Å². The van der Waals surface area contributed by atoms with E-state index in [0.29, 0.717) is 6.42 Å². The molecular weight excluding hydrogens is 384 g/mol. The zero-order chi connectivity index (χ0) is 19.2. The van der Waals surface area contributed by atoms with Crippen LogP contribution in [0.2, 0.25) is 10.0 Å². The van der Waals surface area contributed by atoms with Crippen molar-refractivity contribution >= 4 is 40.7 Å². The molecule has 1 aromatic carbocycles. The molecule has 0 aliphatic heterocycles. The Labute approximate surface area is 152 Å². The topological polar surface area (TPSA) is 67.4 Å². The summed E-state index contributed by atoms with van der Waals surface area (Å²) in [5.41, 5.74) is 0.164. The number of benzene rings is 1. The number of hydrogen-bond acceptors (Lipinski definition) is 3. The largest absolute Gasteiger partial charge is 0.481 e. The monoisotopic (exact) mass is 400 g/mol. The highest BCUT2D eigenvalue weighted by Gasteiger charge is 2.29. The average Bonchev–Trinajstić information content (AvgIpc) is 2.49. The maximum absolute atomic E-state index is 12.2. The van der Waals surface area contributed by atoms with Crippen molar-refractivity contribution < 1.29 is 27.5 Å². The molecule has 0 aromatic heterocycles. The molecule has 2 N–H and O–H groups in total. The van der Waals surface area contributed by atoms with Crippen LogP contribution >= 0.6 is 23.2 Å². The molecule has 5 nitrogen and oxygen atoms in total. The summed E-state index contributed by atoms with van der Waals surface area (Å²) in [6.45, 7) is 1.77. The van der Waals surface area contributed by atoms with Gasteiger partial charge < -0.3 is 15.4 Å². The zero-order valence-electron chi connectivity index (χ0n) is 13.5. The van der Waals surface area contributed by atoms with E-state index in [9.17, 15) is 22.8 Å². The van der Waals surface area contributed by atoms with Crippen molar-refractivity contribution in [2.24, 2.45) is 5.92 Å². The summed E-state index contributed by atoms with van der Waals surface area (Å²) < 4.78 is 41.1. The predicted molar refractivity (Wildman–Crippen MR) is 89.1 cm³/mol. The lowest BCUT2D eigenvalue weighted by Gasteiger charge is -2.14. The van der Waals surface area contributed by atoms with Gasteiger partial charge in [0.25, 0.3) is 0 Å². The Hall–Kier alpha value is -1.67. The number of carbonyl (C=O) groups is 2. The van der Waals surface area contributed by atoms with Gasteiger partial charge in [0.05, 0.1) is 16.6 Å². The molecule has 2 amide bonds. The van der Waals surface area contributed by atoms with E-state index in [1.54, 1.807) is 6.92 Å². The first-order chi connectivity index (χ1) is 11.5. The molecule has 0 aliphatic carbocycles. The number of amides is 2. The summed E-state index contributed by atoms with van der Waals surface area (Å²) in [4.78, 5) is 23.4. The molecule has 1 rings (SSSR count). The standard InChI is InChI=1S/C15H17Cl2F3N2O3/c1-3-8(2)14(24)21-6-12(23)22-9-4-10(16)13(11(17)5-9)25-7-15(18,19)20/h4-5,8H,3,6-7H2,1-2H3,(H,21,24)(H,22,23). The summed E-state index contributed by atoms with van der Waals surface area (Å²) in [7, 11) is 0. The van der Waals surface area contributed by atoms with Crippen LogP contribution in [0, 0.1) is 5.92 Å². The van der Waals surface area contributed by atoms with Crippen LogP contribution in [-0.4, -0.2) is 31.1 Å². The Morgan fingerprint density at radius 2 is 1.80 bits per heavy atom. The Morgan fingerprint density at radius 1 is 1.24 bits per heavy atom. The summed E-state index contributed by atoms with van der Waals surface area (Å²) in [6, 6.07) is 2.40. The van der Waals surface area contributed by atoms with Crippen molar-refractivity contribution in [3.8, 4) is 5.75 Å². The Balaban J connectivity index is 2.68. The average molecular weight is 401 g/mol. The number of halogens is 5. The minimum Gasteiger partial charge on any atom is -0.481 e. The van der Waals surface area contributed by atoms with E-state index < -0.39 is 18.7 Å². The molecule has 1 aromatic rings. The number of hydrogen-bond donors (Lipinski definition) is 2. The highest BCUT2D eigenvalue weighted by atomic mass is 35.5. The van der Waals surface area contributed by atoms with Gasteiger partial charge in [-0.15, -0.1) is 0 Å². The SMILES string of the molecule is CCC(C)C(=O)NCC(=O)Nc1cc(Cl)c(OCC(F)(F)F)c(Cl)c1. The zero-order valence-corrected chi connectivity index (χ0v) is 15.0. The maximum Gasteiger partial charge on any atom is 0.422 e. The fourth-order valence-electron chi connectivity index (χ4n) is 1.66. The molecule has 1 unspecified atom stereocenters. The number of nitrogens with one attached hydrogen (secondary N) is 2. The second-order valence-electron chi connectivity index (χ2n) is 5.25. The third-order valence-corrected chi connectivity index (χ3v) is 3.71. The van der Waals surface area contributed by atoms with Crippen LogP contribution in [0.4, 0.5) is 18.9 Å². The number of carbonyl (C=O) groups excluding carboxylic acids is 2. The first-order valence-electron chi connectivity index (χ1n) is 7.29. The molecule has 25 heavy (non-hydrogen) atoms. The molecular formula is C15H17Cl2F3N2O3. The van der Waals surface area contributed by atoms with Crippen molar-refractivity contribution in [1.82, 2.24) is 5.32 Å². The van der Waals surface area contributed by atoms with E-state index in [0.717, 1.165) is 0 Å². The van der Waals surface area contributed by atoms with E-state index in [4.69, 9.17) is 23.2 Å². The number of alkyl halides is 3. The summed E-state index contributed by atoms with van der Waals surface area (Å²) in [6.07, 6.45) is -3.90. The van der Waals surface area contributed by atoms with Crippen molar-refractivity contribution in [2.45, 2.75) is 26.4 Å². The van der Waals surface area contributed by atoms with E-state index in [1.165, 1.54) is 12.1 Å². The Kier molecular flexibility index (Phi) is 7.82. The highest BCUT2D eigenvalue weighted by Crippen LogP contribution is 2.36. The fourth-order valence-corrected chi connectivity index (χ4v) is 2.25. The number of anilines is 1. The Morgan fingerprint density at radius 3 is 2.28 bits per heavy atom. The summed E-state index contributed by atoms with van der Waals surface area (Å²) >= 11 is 11.7. The number of rotatable bonds is 7. The molecule has 0 heterocycles. The molecule has 0 spiro atoms. The molecule has 10 heteroatoms. The van der Waals surface area contributed by atoms with Crippen LogP contribution in [0.1, 0.15) is 20.3 Å². The lowest BCUT2D eigenvalue weighted by Crippen LogP contribution is -2.35. The second kappa shape index (κ2) is 9.15. The van der Waals surface area contributed by atoms with E-state index in [-0.39, 0.29) is 39.9 Å². The van der Waals surface area contributed by atoms with Gasteiger partial charge in [-0.25, -0.2) is 0 Å². The van der Waals surface area contributed by atoms with Gasteiger partial charge in [0.1, 0.15) is 0 Å². The Bertz CT molecular complexity index is 616. The second-order valence-corrected chi connectivity index (χ2v) is 6.06. The van der Waals surface area contributed by atoms with Gasteiger partial charge >= 0.3 is 6.18 Å². The normalized spacial score (nSPS) is 12.4. The van der Waals surface area contributed by atoms with E-state index in [1.807, 2.05) is 6.92 Å². The molecule has 0 saturated carbocycles. The van der Waals surface area contributed by atoms with Gasteiger partial charge in [0, 0.05) is 11.6 Å². The third-order valence-electron chi connectivity index (χ3n) is 3.15. The lowest BCUT2D eigenvalue weighted by molar-refractivity contribution is -0.153. The molecule has 0 radical (unpaired) electrons. The van der Waals surface area contributed by atoms with Gasteiger partial charge in [0.15, 0.2) is 12.4 Å². The van der Waals surface area contributed by atoms with Crippen LogP contribution in [0.15, 0.2) is 12.1 Å². The van der Waals surface area contributed by atoms with Gasteiger partial charge in [0.2, 0.25) is 11.8 Å². The van der Waals surface area contributed by atoms with Crippen molar-refractivity contribution in [3.05, 3.63) is 22.2 Å². The van der Waals surface area contributed by atoms with Crippen molar-refractivity contribution in [2.75, 3.05) is 18.5 Å². The molecule has 0 bridgehead atoms. The van der Waals surface area contributed by atoms with Crippen LogP contribution in [-0.2, 0) is 9.59 Å². The quantitative estimate of drug-likeness (QED) is 0.725. The first kappa shape index (κ1) is 21.4. The van der Waals surface area contributed by atoms with Crippen molar-refractivity contribution in [3.63, 3.8) is 0 Å². The third kappa shape index (κ3) is 7.39. The smallest absolute Gasteiger partial charge is 0.422 e. The predicted octanol–water partition coefficient (Wildman–Crippen LogP) is 4.04. The molecule has 0 fully saturated rings. The number of ether oxygens (including phenoxy) is 1. The fraction of sp³-hybridized carbons (Fsp3) is 0.467. The van der Waals surface area contributed by atoms with Gasteiger partial charge in [-0.05, 0) is 18.6 Å². The molecule has 140 valence electrons. The van der Waals surface area contributed by atoms with E-state index >= 15 is 0 Å². The molecule has 1 atom stereocenters. The minimum absolute atomic E-state index is 0.164. The lowest BCUT2D eigenvalue weighted by atomic mass is 10.1. The minimum atomic E-state index is -4.53. The van der Waals surface area contributed by atoms with Crippen molar-refractivity contribution in [1.29, 1.82) is 0 Å². The highest BCUT2D eigenvalue weighted by molar-refractivity contribution is 6.37. The van der Waals surface area contributed by atoms with Crippen LogP contribution in [0.5, 0.6) is 5.75 Å².